The quantitative estimate of drug-likeness (QED) is 0.847. The summed E-state index contributed by atoms with van der Waals surface area (Å²) in [6.07, 6.45) is -4.34. The molecule has 2 N–H and O–H groups in total. The van der Waals surface area contributed by atoms with E-state index in [0.717, 1.165) is 12.1 Å². The van der Waals surface area contributed by atoms with Crippen LogP contribution in [0.2, 0.25) is 0 Å². The largest absolute Gasteiger partial charge is 0.492 e. The summed E-state index contributed by atoms with van der Waals surface area (Å²) in [5.74, 6) is 0.183. The first-order chi connectivity index (χ1) is 6.89. The number of benzene rings is 1. The Morgan fingerprint density at radius 1 is 1.40 bits per heavy atom. The molecule has 5 heteroatoms. The molecule has 1 aromatic rings. The van der Waals surface area contributed by atoms with Crippen LogP contribution in [0.4, 0.5) is 13.2 Å². The monoisotopic (exact) mass is 219 g/mol. The number of rotatable bonds is 3. The molecule has 1 aromatic carbocycles. The Labute approximate surface area is 85.8 Å². The molecule has 0 aliphatic carbocycles. The lowest BCUT2D eigenvalue weighted by Gasteiger charge is -2.11. The molecule has 1 atom stereocenters. The van der Waals surface area contributed by atoms with Crippen LogP contribution in [0.15, 0.2) is 24.3 Å². The van der Waals surface area contributed by atoms with Gasteiger partial charge in [-0.1, -0.05) is 6.07 Å². The van der Waals surface area contributed by atoms with Gasteiger partial charge in [0.2, 0.25) is 0 Å². The molecule has 0 amide bonds. The topological polar surface area (TPSA) is 35.2 Å². The minimum atomic E-state index is -4.34. The number of nitrogens with two attached hydrogens (primary N) is 1. The third-order valence-corrected chi connectivity index (χ3v) is 1.67. The van der Waals surface area contributed by atoms with Gasteiger partial charge in [0.25, 0.3) is 0 Å². The molecule has 15 heavy (non-hydrogen) atoms. The average molecular weight is 219 g/mol. The first kappa shape index (κ1) is 11.8. The molecule has 0 heterocycles. The second-order valence-electron chi connectivity index (χ2n) is 3.31. The van der Waals surface area contributed by atoms with Gasteiger partial charge in [0.1, 0.15) is 12.4 Å². The van der Waals surface area contributed by atoms with Crippen LogP contribution in [0.3, 0.4) is 0 Å². The van der Waals surface area contributed by atoms with Gasteiger partial charge in [0.15, 0.2) is 0 Å². The van der Waals surface area contributed by atoms with Crippen molar-refractivity contribution in [2.45, 2.75) is 19.1 Å². The van der Waals surface area contributed by atoms with Crippen LogP contribution in [0, 0.1) is 0 Å². The number of hydrogen-bond acceptors (Lipinski definition) is 2. The maximum atomic E-state index is 12.3. The molecule has 0 saturated carbocycles. The third-order valence-electron chi connectivity index (χ3n) is 1.67. The van der Waals surface area contributed by atoms with Crippen LogP contribution in [0.25, 0.3) is 0 Å². The summed E-state index contributed by atoms with van der Waals surface area (Å²) in [6, 6.07) is 4.53. The van der Waals surface area contributed by atoms with Crippen molar-refractivity contribution in [3.63, 3.8) is 0 Å². The number of alkyl halides is 3. The molecule has 0 radical (unpaired) electrons. The van der Waals surface area contributed by atoms with E-state index in [-0.39, 0.29) is 18.4 Å². The van der Waals surface area contributed by atoms with Crippen LogP contribution in [0.1, 0.15) is 12.5 Å². The molecule has 0 spiro atoms. The summed E-state index contributed by atoms with van der Waals surface area (Å²) in [7, 11) is 0. The van der Waals surface area contributed by atoms with Gasteiger partial charge < -0.3 is 10.5 Å². The highest BCUT2D eigenvalue weighted by molar-refractivity contribution is 5.30. The molecule has 0 bridgehead atoms. The predicted molar refractivity (Wildman–Crippen MR) is 50.6 cm³/mol. The molecule has 1 rings (SSSR count). The zero-order valence-corrected chi connectivity index (χ0v) is 8.21. The number of ether oxygens (including phenoxy) is 1. The SMILES string of the molecule is CC(N)COc1cccc(C(F)(F)F)c1. The van der Waals surface area contributed by atoms with Crippen LogP contribution >= 0.6 is 0 Å². The normalized spacial score (nSPS) is 13.7. The molecule has 0 saturated heterocycles. The standard InChI is InChI=1S/C10H12F3NO/c1-7(14)6-15-9-4-2-3-8(5-9)10(11,12)13/h2-5,7H,6,14H2,1H3. The van der Waals surface area contributed by atoms with Gasteiger partial charge in [0.05, 0.1) is 5.56 Å². The van der Waals surface area contributed by atoms with Crippen LogP contribution < -0.4 is 10.5 Å². The molecular formula is C10H12F3NO. The number of hydrogen-bond donors (Lipinski definition) is 1. The van der Waals surface area contributed by atoms with E-state index >= 15 is 0 Å². The lowest BCUT2D eigenvalue weighted by atomic mass is 10.2. The van der Waals surface area contributed by atoms with E-state index in [9.17, 15) is 13.2 Å². The van der Waals surface area contributed by atoms with E-state index < -0.39 is 11.7 Å². The maximum absolute atomic E-state index is 12.3. The van der Waals surface area contributed by atoms with E-state index in [1.54, 1.807) is 6.92 Å². The van der Waals surface area contributed by atoms with Crippen molar-refractivity contribution in [1.29, 1.82) is 0 Å². The molecule has 2 nitrogen and oxygen atoms in total. The smallest absolute Gasteiger partial charge is 0.416 e. The van der Waals surface area contributed by atoms with E-state index in [4.69, 9.17) is 10.5 Å². The molecule has 1 unspecified atom stereocenters. The molecule has 0 aliphatic heterocycles. The molecular weight excluding hydrogens is 207 g/mol. The lowest BCUT2D eigenvalue weighted by molar-refractivity contribution is -0.137. The summed E-state index contributed by atoms with van der Waals surface area (Å²) in [4.78, 5) is 0. The Hall–Kier alpha value is -1.23. The van der Waals surface area contributed by atoms with Crippen molar-refractivity contribution in [1.82, 2.24) is 0 Å². The van der Waals surface area contributed by atoms with E-state index in [2.05, 4.69) is 0 Å². The number of halogens is 3. The van der Waals surface area contributed by atoms with Gasteiger partial charge in [-0.25, -0.2) is 0 Å². The van der Waals surface area contributed by atoms with E-state index in [1.165, 1.54) is 12.1 Å². The first-order valence-electron chi connectivity index (χ1n) is 4.45. The summed E-state index contributed by atoms with van der Waals surface area (Å²) in [5, 5.41) is 0. The Balaban J connectivity index is 2.75. The van der Waals surface area contributed by atoms with Crippen LogP contribution in [0.5, 0.6) is 5.75 Å². The summed E-state index contributed by atoms with van der Waals surface area (Å²) >= 11 is 0. The van der Waals surface area contributed by atoms with Crippen molar-refractivity contribution in [2.24, 2.45) is 5.73 Å². The van der Waals surface area contributed by atoms with Gasteiger partial charge in [-0.2, -0.15) is 13.2 Å². The van der Waals surface area contributed by atoms with Crippen LogP contribution in [-0.4, -0.2) is 12.6 Å². The Morgan fingerprint density at radius 2 is 2.07 bits per heavy atom. The molecule has 84 valence electrons. The van der Waals surface area contributed by atoms with Gasteiger partial charge in [-0.05, 0) is 25.1 Å². The van der Waals surface area contributed by atoms with E-state index in [0.29, 0.717) is 0 Å². The Kier molecular flexibility index (Phi) is 3.57. The highest BCUT2D eigenvalue weighted by atomic mass is 19.4. The highest BCUT2D eigenvalue weighted by Crippen LogP contribution is 2.31. The van der Waals surface area contributed by atoms with Gasteiger partial charge in [-0.3, -0.25) is 0 Å². The fourth-order valence-corrected chi connectivity index (χ4v) is 0.990. The fourth-order valence-electron chi connectivity index (χ4n) is 0.990. The van der Waals surface area contributed by atoms with Crippen molar-refractivity contribution < 1.29 is 17.9 Å². The zero-order valence-electron chi connectivity index (χ0n) is 8.21. The second kappa shape index (κ2) is 4.53. The van der Waals surface area contributed by atoms with E-state index in [1.807, 2.05) is 0 Å². The van der Waals surface area contributed by atoms with Gasteiger partial charge >= 0.3 is 6.18 Å². The first-order valence-corrected chi connectivity index (χ1v) is 4.45. The van der Waals surface area contributed by atoms with Gasteiger partial charge in [0, 0.05) is 6.04 Å². The summed E-state index contributed by atoms with van der Waals surface area (Å²) < 4.78 is 41.9. The van der Waals surface area contributed by atoms with Crippen LogP contribution in [-0.2, 0) is 6.18 Å². The summed E-state index contributed by atoms with van der Waals surface area (Å²) in [6.45, 7) is 1.91. The maximum Gasteiger partial charge on any atom is 0.416 e. The Bertz CT molecular complexity index is 323. The molecule has 0 fully saturated rings. The molecule has 0 aliphatic rings. The summed E-state index contributed by atoms with van der Waals surface area (Å²) in [5.41, 5.74) is 4.70. The van der Waals surface area contributed by atoms with Gasteiger partial charge in [-0.15, -0.1) is 0 Å². The fraction of sp³-hybridized carbons (Fsp3) is 0.400. The Morgan fingerprint density at radius 3 is 2.60 bits per heavy atom. The average Bonchev–Trinajstić information content (AvgIpc) is 2.14. The van der Waals surface area contributed by atoms with Crippen molar-refractivity contribution >= 4 is 0 Å². The minimum Gasteiger partial charge on any atom is -0.492 e. The predicted octanol–water partition coefficient (Wildman–Crippen LogP) is 2.43. The van der Waals surface area contributed by atoms with Crippen molar-refractivity contribution in [3.8, 4) is 5.75 Å². The molecule has 0 aromatic heterocycles. The van der Waals surface area contributed by atoms with Crippen molar-refractivity contribution in [2.75, 3.05) is 6.61 Å². The minimum absolute atomic E-state index is 0.183. The second-order valence-corrected chi connectivity index (χ2v) is 3.31. The zero-order chi connectivity index (χ0) is 11.5. The third kappa shape index (κ3) is 3.79. The highest BCUT2D eigenvalue weighted by Gasteiger charge is 2.30. The lowest BCUT2D eigenvalue weighted by Crippen LogP contribution is -2.23. The van der Waals surface area contributed by atoms with Crippen molar-refractivity contribution in [3.05, 3.63) is 29.8 Å².